The van der Waals surface area contributed by atoms with Crippen LogP contribution in [0.4, 0.5) is 0 Å². The molecule has 1 saturated heterocycles. The largest absolute Gasteiger partial charge is 0.336 e. The Kier molecular flexibility index (Phi) is 6.93. The highest BCUT2D eigenvalue weighted by atomic mass is 79.9. The summed E-state index contributed by atoms with van der Waals surface area (Å²) in [5.74, 6) is -0.107. The zero-order valence-electron chi connectivity index (χ0n) is 15.9. The van der Waals surface area contributed by atoms with Gasteiger partial charge in [0.15, 0.2) is 0 Å². The highest BCUT2D eigenvalue weighted by Gasteiger charge is 2.25. The number of halogens is 1. The number of nitrogens with one attached hydrogen (secondary N) is 1. The van der Waals surface area contributed by atoms with Crippen molar-refractivity contribution in [3.63, 3.8) is 0 Å². The number of hydrogen-bond acceptors (Lipinski definition) is 5. The molecule has 3 rings (SSSR count). The van der Waals surface area contributed by atoms with Crippen LogP contribution >= 0.6 is 27.3 Å². The molecule has 0 saturated carbocycles. The lowest BCUT2D eigenvalue weighted by Crippen LogP contribution is -2.48. The lowest BCUT2D eigenvalue weighted by Gasteiger charge is -2.34. The maximum absolute atomic E-state index is 13.0. The van der Waals surface area contributed by atoms with Crippen LogP contribution < -0.4 is 4.72 Å². The highest BCUT2D eigenvalue weighted by molar-refractivity contribution is 9.11. The summed E-state index contributed by atoms with van der Waals surface area (Å²) in [6.07, 6.45) is 0. The van der Waals surface area contributed by atoms with Gasteiger partial charge in [0.25, 0.3) is 5.91 Å². The third-order valence-corrected chi connectivity index (χ3v) is 7.90. The summed E-state index contributed by atoms with van der Waals surface area (Å²) < 4.78 is 28.1. The average Bonchev–Trinajstić information content (AvgIpc) is 3.06. The molecule has 6 nitrogen and oxygen atoms in total. The van der Waals surface area contributed by atoms with E-state index in [-0.39, 0.29) is 10.8 Å². The van der Waals surface area contributed by atoms with Crippen LogP contribution in [0.15, 0.2) is 39.0 Å². The Labute approximate surface area is 178 Å². The number of benzene rings is 1. The van der Waals surface area contributed by atoms with Gasteiger partial charge in [-0.3, -0.25) is 9.69 Å². The Bertz CT molecular complexity index is 951. The first kappa shape index (κ1) is 21.4. The van der Waals surface area contributed by atoms with Gasteiger partial charge in [-0.15, -0.1) is 11.3 Å². The molecule has 0 spiro atoms. The number of sulfonamides is 1. The average molecular weight is 486 g/mol. The first-order valence-electron chi connectivity index (χ1n) is 9.16. The molecule has 1 aromatic heterocycles. The number of hydrogen-bond donors (Lipinski definition) is 1. The highest BCUT2D eigenvalue weighted by Crippen LogP contribution is 2.24. The molecule has 0 unspecified atom stereocenters. The maximum Gasteiger partial charge on any atom is 0.254 e. The van der Waals surface area contributed by atoms with Crippen LogP contribution in [-0.4, -0.2) is 56.8 Å². The first-order chi connectivity index (χ1) is 13.3. The second kappa shape index (κ2) is 9.04. The monoisotopic (exact) mass is 485 g/mol. The van der Waals surface area contributed by atoms with E-state index in [0.29, 0.717) is 25.2 Å². The predicted molar refractivity (Wildman–Crippen MR) is 115 cm³/mol. The molecular formula is C19H24BrN3O3S2. The van der Waals surface area contributed by atoms with Crippen LogP contribution in [0, 0.1) is 6.92 Å². The van der Waals surface area contributed by atoms with Crippen molar-refractivity contribution in [2.75, 3.05) is 32.7 Å². The molecule has 2 aromatic rings. The normalized spacial score (nSPS) is 15.8. The fraction of sp³-hybridized carbons (Fsp3) is 0.421. The molecule has 1 aliphatic heterocycles. The summed E-state index contributed by atoms with van der Waals surface area (Å²) in [7, 11) is -3.59. The Morgan fingerprint density at radius 3 is 2.50 bits per heavy atom. The zero-order chi connectivity index (χ0) is 20.3. The number of rotatable bonds is 6. The molecular weight excluding hydrogens is 462 g/mol. The van der Waals surface area contributed by atoms with Crippen molar-refractivity contribution in [2.45, 2.75) is 25.3 Å². The van der Waals surface area contributed by atoms with E-state index >= 15 is 0 Å². The molecule has 152 valence electrons. The standard InChI is InChI=1S/C19H24BrN3O3S2/c1-3-21-28(25,26)16-6-4-14(2)17(12-16)19(24)23-10-8-22(9-11-23)13-15-5-7-18(20)27-15/h4-7,12,21H,3,8-11,13H2,1-2H3. The summed E-state index contributed by atoms with van der Waals surface area (Å²) in [5, 5.41) is 0. The van der Waals surface area contributed by atoms with Gasteiger partial charge in [0.05, 0.1) is 8.68 Å². The van der Waals surface area contributed by atoms with E-state index in [0.717, 1.165) is 29.0 Å². The van der Waals surface area contributed by atoms with Gasteiger partial charge in [0.1, 0.15) is 0 Å². The fourth-order valence-corrected chi connectivity index (χ4v) is 5.80. The van der Waals surface area contributed by atoms with Gasteiger partial charge in [-0.2, -0.15) is 0 Å². The maximum atomic E-state index is 13.0. The van der Waals surface area contributed by atoms with Crippen LogP contribution in [0.5, 0.6) is 0 Å². The van der Waals surface area contributed by atoms with Gasteiger partial charge in [0, 0.05) is 49.7 Å². The number of aryl methyl sites for hydroxylation is 1. The van der Waals surface area contributed by atoms with Crippen molar-refractivity contribution in [1.29, 1.82) is 0 Å². The van der Waals surface area contributed by atoms with Crippen molar-refractivity contribution < 1.29 is 13.2 Å². The van der Waals surface area contributed by atoms with E-state index in [2.05, 4.69) is 37.7 Å². The molecule has 0 atom stereocenters. The smallest absolute Gasteiger partial charge is 0.254 e. The molecule has 0 radical (unpaired) electrons. The molecule has 0 bridgehead atoms. The SMILES string of the molecule is CCNS(=O)(=O)c1ccc(C)c(C(=O)N2CCN(Cc3ccc(Br)s3)CC2)c1. The predicted octanol–water partition coefficient (Wildman–Crippen LogP) is 3.08. The number of thiophene rings is 1. The van der Waals surface area contributed by atoms with Crippen LogP contribution in [0.1, 0.15) is 27.7 Å². The van der Waals surface area contributed by atoms with Gasteiger partial charge in [-0.25, -0.2) is 13.1 Å². The lowest BCUT2D eigenvalue weighted by molar-refractivity contribution is 0.0628. The van der Waals surface area contributed by atoms with Crippen LogP contribution in [-0.2, 0) is 16.6 Å². The van der Waals surface area contributed by atoms with Crippen molar-refractivity contribution >= 4 is 43.2 Å². The molecule has 1 aromatic carbocycles. The minimum atomic E-state index is -3.59. The van der Waals surface area contributed by atoms with Crippen molar-refractivity contribution in [2.24, 2.45) is 0 Å². The van der Waals surface area contributed by atoms with Gasteiger partial charge in [-0.05, 0) is 52.7 Å². The van der Waals surface area contributed by atoms with E-state index in [1.165, 1.54) is 10.9 Å². The number of carbonyl (C=O) groups is 1. The van der Waals surface area contributed by atoms with Crippen LogP contribution in [0.3, 0.4) is 0 Å². The minimum Gasteiger partial charge on any atom is -0.336 e. The van der Waals surface area contributed by atoms with E-state index in [1.54, 1.807) is 30.4 Å². The Balaban J connectivity index is 1.68. The van der Waals surface area contributed by atoms with Crippen molar-refractivity contribution in [3.05, 3.63) is 50.1 Å². The summed E-state index contributed by atoms with van der Waals surface area (Å²) in [6.45, 7) is 7.62. The van der Waals surface area contributed by atoms with Gasteiger partial charge in [-0.1, -0.05) is 13.0 Å². The second-order valence-electron chi connectivity index (χ2n) is 6.75. The van der Waals surface area contributed by atoms with E-state index in [4.69, 9.17) is 0 Å². The van der Waals surface area contributed by atoms with E-state index < -0.39 is 10.0 Å². The zero-order valence-corrected chi connectivity index (χ0v) is 19.2. The number of nitrogens with zero attached hydrogens (tertiary/aromatic N) is 2. The second-order valence-corrected chi connectivity index (χ2v) is 11.1. The van der Waals surface area contributed by atoms with Crippen molar-refractivity contribution in [3.8, 4) is 0 Å². The molecule has 0 aliphatic carbocycles. The third kappa shape index (κ3) is 5.01. The summed E-state index contributed by atoms with van der Waals surface area (Å²) >= 11 is 5.21. The van der Waals surface area contributed by atoms with E-state index in [1.807, 2.05) is 11.8 Å². The molecule has 1 fully saturated rings. The van der Waals surface area contributed by atoms with Crippen LogP contribution in [0.25, 0.3) is 0 Å². The van der Waals surface area contributed by atoms with Gasteiger partial charge in [0.2, 0.25) is 10.0 Å². The summed E-state index contributed by atoms with van der Waals surface area (Å²) in [6, 6.07) is 8.90. The summed E-state index contributed by atoms with van der Waals surface area (Å²) in [5.41, 5.74) is 1.24. The number of carbonyl (C=O) groups excluding carboxylic acids is 1. The molecule has 1 N–H and O–H groups in total. The fourth-order valence-electron chi connectivity index (χ4n) is 3.21. The number of piperazine rings is 1. The minimum absolute atomic E-state index is 0.107. The molecule has 2 heterocycles. The Morgan fingerprint density at radius 1 is 1.18 bits per heavy atom. The first-order valence-corrected chi connectivity index (χ1v) is 12.3. The van der Waals surface area contributed by atoms with E-state index in [9.17, 15) is 13.2 Å². The lowest BCUT2D eigenvalue weighted by atomic mass is 10.1. The molecule has 28 heavy (non-hydrogen) atoms. The number of amides is 1. The van der Waals surface area contributed by atoms with Crippen LogP contribution in [0.2, 0.25) is 0 Å². The van der Waals surface area contributed by atoms with Crippen molar-refractivity contribution in [1.82, 2.24) is 14.5 Å². The Morgan fingerprint density at radius 2 is 1.89 bits per heavy atom. The quantitative estimate of drug-likeness (QED) is 0.682. The molecule has 1 amide bonds. The van der Waals surface area contributed by atoms with Gasteiger partial charge < -0.3 is 4.90 Å². The van der Waals surface area contributed by atoms with Gasteiger partial charge >= 0.3 is 0 Å². The Hall–Kier alpha value is -1.26. The molecule has 9 heteroatoms. The third-order valence-electron chi connectivity index (χ3n) is 4.75. The topological polar surface area (TPSA) is 69.7 Å². The summed E-state index contributed by atoms with van der Waals surface area (Å²) in [4.78, 5) is 18.6. The molecule has 1 aliphatic rings.